The van der Waals surface area contributed by atoms with Gasteiger partial charge >= 0.3 is 7.37 Å². The van der Waals surface area contributed by atoms with Crippen LogP contribution in [0.4, 0.5) is 0 Å². The van der Waals surface area contributed by atoms with E-state index < -0.39 is 14.5 Å². The van der Waals surface area contributed by atoms with E-state index in [0.29, 0.717) is 21.7 Å². The van der Waals surface area contributed by atoms with Crippen LogP contribution >= 0.6 is 14.5 Å². The maximum Gasteiger partial charge on any atom is 0.306 e. The summed E-state index contributed by atoms with van der Waals surface area (Å²) in [6.07, 6.45) is 0. The molecule has 0 aromatic heterocycles. The van der Waals surface area contributed by atoms with E-state index in [1.54, 1.807) is 12.1 Å². The third-order valence-electron chi connectivity index (χ3n) is 5.85. The van der Waals surface area contributed by atoms with Gasteiger partial charge in [0.1, 0.15) is 5.75 Å². The summed E-state index contributed by atoms with van der Waals surface area (Å²) in [5.41, 5.74) is 0. The van der Waals surface area contributed by atoms with Crippen molar-refractivity contribution >= 4 is 41.0 Å². The van der Waals surface area contributed by atoms with E-state index in [-0.39, 0.29) is 0 Å². The summed E-state index contributed by atoms with van der Waals surface area (Å²) in [5.74, 6) is 0.408. The fourth-order valence-corrected chi connectivity index (χ4v) is 8.84. The number of rotatable bonds is 7. The third-order valence-corrected chi connectivity index (χ3v) is 11.3. The van der Waals surface area contributed by atoms with Gasteiger partial charge in [0, 0.05) is 15.9 Å². The molecule has 0 aliphatic heterocycles. The van der Waals surface area contributed by atoms with Gasteiger partial charge in [0.25, 0.3) is 0 Å². The van der Waals surface area contributed by atoms with Gasteiger partial charge in [0.15, 0.2) is 7.14 Å². The summed E-state index contributed by atoms with van der Waals surface area (Å²) in [7, 11) is -6.63. The molecule has 0 spiro atoms. The molecule has 0 saturated carbocycles. The minimum atomic E-state index is -3.45. The molecule has 0 amide bonds. The first kappa shape index (κ1) is 23.1. The summed E-state index contributed by atoms with van der Waals surface area (Å²) in [5, 5.41) is 3.30. The summed E-state index contributed by atoms with van der Waals surface area (Å²) < 4.78 is 35.5. The smallest absolute Gasteiger partial charge is 0.306 e. The first-order chi connectivity index (χ1) is 17.1. The van der Waals surface area contributed by atoms with Gasteiger partial charge in [-0.1, -0.05) is 109 Å². The molecular weight excluding hydrogens is 470 g/mol. The van der Waals surface area contributed by atoms with Crippen LogP contribution in [0.2, 0.25) is 0 Å². The summed E-state index contributed by atoms with van der Waals surface area (Å²) >= 11 is 0. The van der Waals surface area contributed by atoms with Crippen LogP contribution in [-0.4, -0.2) is 0 Å². The lowest BCUT2D eigenvalue weighted by atomic mass is 10.3. The molecule has 0 atom stereocenters. The Labute approximate surface area is 205 Å². The van der Waals surface area contributed by atoms with Crippen LogP contribution in [0.3, 0.4) is 0 Å². The molecule has 0 fully saturated rings. The largest absolute Gasteiger partial charge is 0.437 e. The molecule has 3 nitrogen and oxygen atoms in total. The quantitative estimate of drug-likeness (QED) is 0.275. The highest BCUT2D eigenvalue weighted by Crippen LogP contribution is 2.47. The average Bonchev–Trinajstić information content (AvgIpc) is 2.94. The highest BCUT2D eigenvalue weighted by Gasteiger charge is 2.32. The molecule has 0 aliphatic carbocycles. The van der Waals surface area contributed by atoms with Crippen molar-refractivity contribution in [1.29, 1.82) is 0 Å². The second kappa shape index (κ2) is 9.92. The highest BCUT2D eigenvalue weighted by molar-refractivity contribution is 7.85. The zero-order valence-corrected chi connectivity index (χ0v) is 20.8. The standard InChI is InChI=1S/C30H24O3P2/c31-34(26-15-5-1-6-16-26,27-17-7-2-8-18-27)30-23-13-14-25(24-30)33-35(32,28-19-9-3-10-20-28)29-21-11-4-12-22-29/h1-24H. The molecule has 5 aromatic carbocycles. The molecule has 5 rings (SSSR count). The number of hydrogen-bond donors (Lipinski definition) is 0. The number of benzene rings is 5. The minimum Gasteiger partial charge on any atom is -0.437 e. The Hall–Kier alpha value is -3.64. The molecule has 5 aromatic rings. The van der Waals surface area contributed by atoms with Crippen molar-refractivity contribution in [2.45, 2.75) is 0 Å². The minimum absolute atomic E-state index is 0.408. The normalized spacial score (nSPS) is 11.7. The molecule has 35 heavy (non-hydrogen) atoms. The molecule has 0 heterocycles. The van der Waals surface area contributed by atoms with E-state index in [4.69, 9.17) is 4.52 Å². The fourth-order valence-electron chi connectivity index (χ4n) is 4.11. The van der Waals surface area contributed by atoms with Crippen LogP contribution in [0.1, 0.15) is 0 Å². The zero-order chi connectivity index (χ0) is 24.1. The van der Waals surface area contributed by atoms with Crippen molar-refractivity contribution < 1.29 is 13.7 Å². The van der Waals surface area contributed by atoms with Crippen molar-refractivity contribution in [3.05, 3.63) is 146 Å². The van der Waals surface area contributed by atoms with E-state index >= 15 is 0 Å². The SMILES string of the molecule is O=P(Oc1cccc(P(=O)(c2ccccc2)c2ccccc2)c1)(c1ccccc1)c1ccccc1. The summed E-state index contributed by atoms with van der Waals surface area (Å²) in [6.45, 7) is 0. The van der Waals surface area contributed by atoms with Gasteiger partial charge in [-0.25, -0.2) is 0 Å². The lowest BCUT2D eigenvalue weighted by Crippen LogP contribution is -2.25. The third kappa shape index (κ3) is 4.54. The second-order valence-electron chi connectivity index (χ2n) is 8.09. The first-order valence-electron chi connectivity index (χ1n) is 11.3. The van der Waals surface area contributed by atoms with Crippen LogP contribution in [0.5, 0.6) is 5.75 Å². The van der Waals surface area contributed by atoms with Crippen molar-refractivity contribution in [2.24, 2.45) is 0 Å². The molecule has 172 valence electrons. The van der Waals surface area contributed by atoms with Crippen molar-refractivity contribution in [3.63, 3.8) is 0 Å². The molecule has 0 aliphatic rings. The summed E-state index contributed by atoms with van der Waals surface area (Å²) in [4.78, 5) is 0. The molecule has 0 bridgehead atoms. The summed E-state index contributed by atoms with van der Waals surface area (Å²) in [6, 6.07) is 44.6. The monoisotopic (exact) mass is 494 g/mol. The average molecular weight is 494 g/mol. The van der Waals surface area contributed by atoms with Gasteiger partial charge < -0.3 is 9.09 Å². The predicted octanol–water partition coefficient (Wildman–Crippen LogP) is 5.63. The lowest BCUT2D eigenvalue weighted by molar-refractivity contribution is 0.503. The molecule has 0 saturated heterocycles. The van der Waals surface area contributed by atoms with E-state index in [2.05, 4.69) is 0 Å². The van der Waals surface area contributed by atoms with Gasteiger partial charge in [0.2, 0.25) is 0 Å². The van der Waals surface area contributed by atoms with Crippen LogP contribution in [0.25, 0.3) is 0 Å². The Balaban J connectivity index is 1.63. The maximum absolute atomic E-state index is 14.8. The molecular formula is C30H24O3P2. The van der Waals surface area contributed by atoms with Crippen LogP contribution in [-0.2, 0) is 9.13 Å². The van der Waals surface area contributed by atoms with Gasteiger partial charge in [-0.15, -0.1) is 0 Å². The van der Waals surface area contributed by atoms with Crippen LogP contribution in [0.15, 0.2) is 146 Å². The van der Waals surface area contributed by atoms with Gasteiger partial charge in [-0.2, -0.15) is 0 Å². The lowest BCUT2D eigenvalue weighted by Gasteiger charge is -2.23. The van der Waals surface area contributed by atoms with E-state index in [1.165, 1.54) is 0 Å². The maximum atomic E-state index is 14.8. The van der Waals surface area contributed by atoms with E-state index in [0.717, 1.165) is 10.6 Å². The van der Waals surface area contributed by atoms with Crippen molar-refractivity contribution in [2.75, 3.05) is 0 Å². The Kier molecular flexibility index (Phi) is 6.55. The highest BCUT2D eigenvalue weighted by atomic mass is 31.2. The molecule has 0 radical (unpaired) electrons. The number of hydrogen-bond acceptors (Lipinski definition) is 3. The zero-order valence-electron chi connectivity index (χ0n) is 19.0. The Morgan fingerprint density at radius 3 is 1.20 bits per heavy atom. The van der Waals surface area contributed by atoms with Gasteiger partial charge in [0.05, 0.1) is 10.6 Å². The Morgan fingerprint density at radius 1 is 0.400 bits per heavy atom. The van der Waals surface area contributed by atoms with Gasteiger partial charge in [-0.3, -0.25) is 4.57 Å². The molecule has 5 heteroatoms. The van der Waals surface area contributed by atoms with Crippen molar-refractivity contribution in [3.8, 4) is 5.75 Å². The molecule has 0 unspecified atom stereocenters. The second-order valence-corrected chi connectivity index (χ2v) is 13.2. The van der Waals surface area contributed by atoms with E-state index in [9.17, 15) is 9.13 Å². The Bertz CT molecular complexity index is 1420. The fraction of sp³-hybridized carbons (Fsp3) is 0. The Morgan fingerprint density at radius 2 is 0.771 bits per heavy atom. The molecule has 0 N–H and O–H groups in total. The van der Waals surface area contributed by atoms with Crippen LogP contribution in [0, 0.1) is 0 Å². The van der Waals surface area contributed by atoms with Crippen LogP contribution < -0.4 is 31.0 Å². The van der Waals surface area contributed by atoms with Gasteiger partial charge in [-0.05, 0) is 36.4 Å². The van der Waals surface area contributed by atoms with E-state index in [1.807, 2.05) is 133 Å². The predicted molar refractivity (Wildman–Crippen MR) is 146 cm³/mol. The topological polar surface area (TPSA) is 43.4 Å². The first-order valence-corrected chi connectivity index (χ1v) is 14.7. The van der Waals surface area contributed by atoms with Crippen molar-refractivity contribution in [1.82, 2.24) is 0 Å².